The molecule has 10 nitrogen and oxygen atoms in total. The van der Waals surface area contributed by atoms with E-state index in [4.69, 9.17) is 5.41 Å². The van der Waals surface area contributed by atoms with E-state index in [1.807, 2.05) is 4.72 Å². The molecule has 16 heteroatoms. The number of halogens is 5. The summed E-state index contributed by atoms with van der Waals surface area (Å²) in [7, 11) is -3.02. The molecule has 0 atom stereocenters. The number of nitrogens with zero attached hydrogens (tertiary/aromatic N) is 3. The maximum atomic E-state index is 15.5. The zero-order valence-corrected chi connectivity index (χ0v) is 21.1. The molecule has 0 saturated carbocycles. The second kappa shape index (κ2) is 10.9. The fourth-order valence-corrected chi connectivity index (χ4v) is 4.71. The smallest absolute Gasteiger partial charge is 0.345 e. The van der Waals surface area contributed by atoms with E-state index in [1.54, 1.807) is 7.05 Å². The maximum Gasteiger partial charge on any atom is 0.416 e. The number of sulfonamides is 1. The van der Waals surface area contributed by atoms with E-state index in [-0.39, 0.29) is 34.7 Å². The van der Waals surface area contributed by atoms with Crippen molar-refractivity contribution in [2.24, 2.45) is 4.99 Å². The van der Waals surface area contributed by atoms with E-state index in [2.05, 4.69) is 25.3 Å². The van der Waals surface area contributed by atoms with Crippen molar-refractivity contribution in [1.29, 1.82) is 5.41 Å². The quantitative estimate of drug-likeness (QED) is 0.132. The number of hydrogen-bond acceptors (Lipinski definition) is 8. The number of ketones is 1. The Kier molecular flexibility index (Phi) is 7.75. The van der Waals surface area contributed by atoms with Gasteiger partial charge in [0, 0.05) is 19.0 Å². The number of rotatable bonds is 9. The van der Waals surface area contributed by atoms with Crippen LogP contribution in [0.3, 0.4) is 0 Å². The molecular formula is C24H18F5N7O3S. The van der Waals surface area contributed by atoms with E-state index in [0.717, 1.165) is 24.8 Å². The average Bonchev–Trinajstić information content (AvgIpc) is 3.35. The molecule has 2 heterocycles. The normalized spacial score (nSPS) is 12.5. The summed E-state index contributed by atoms with van der Waals surface area (Å²) in [5.74, 6) is -4.14. The molecule has 0 aliphatic rings. The fourth-order valence-electron chi connectivity index (χ4n) is 3.65. The SMILES string of the molecule is CNCC(C=N)=Nc1ncnc2[nH]cc(C(=O)c3c(F)ccc(NS(=O)(=O)c4ccc(C(F)(F)F)cc4)c3F)c12. The van der Waals surface area contributed by atoms with Gasteiger partial charge < -0.3 is 15.7 Å². The fraction of sp³-hybridized carbons (Fsp3) is 0.125. The van der Waals surface area contributed by atoms with Gasteiger partial charge in [0.05, 0.1) is 38.4 Å². The van der Waals surface area contributed by atoms with E-state index in [9.17, 15) is 30.8 Å². The van der Waals surface area contributed by atoms with Gasteiger partial charge in [-0.1, -0.05) is 0 Å². The number of aromatic amines is 1. The summed E-state index contributed by atoms with van der Waals surface area (Å²) in [5.41, 5.74) is -3.00. The van der Waals surface area contributed by atoms with Crippen molar-refractivity contribution in [3.05, 3.63) is 77.2 Å². The van der Waals surface area contributed by atoms with Crippen LogP contribution in [0.4, 0.5) is 33.5 Å². The van der Waals surface area contributed by atoms with Gasteiger partial charge in [-0.3, -0.25) is 9.52 Å². The molecule has 0 amide bonds. The highest BCUT2D eigenvalue weighted by molar-refractivity contribution is 7.92. The summed E-state index contributed by atoms with van der Waals surface area (Å²) in [5, 5.41) is 10.3. The van der Waals surface area contributed by atoms with Crippen LogP contribution < -0.4 is 10.0 Å². The number of fused-ring (bicyclic) bond motifs is 1. The first-order valence-corrected chi connectivity index (χ1v) is 12.6. The highest BCUT2D eigenvalue weighted by atomic mass is 32.2. The second-order valence-electron chi connectivity index (χ2n) is 8.14. The number of aliphatic imine (C=N–C) groups is 1. The van der Waals surface area contributed by atoms with Crippen LogP contribution in [0.1, 0.15) is 21.5 Å². The van der Waals surface area contributed by atoms with Gasteiger partial charge in [-0.2, -0.15) is 13.2 Å². The van der Waals surface area contributed by atoms with Crippen LogP contribution >= 0.6 is 0 Å². The minimum absolute atomic E-state index is 0.00232. The molecule has 4 N–H and O–H groups in total. The molecule has 0 aliphatic heterocycles. The Bertz CT molecular complexity index is 1750. The molecule has 0 spiro atoms. The molecule has 2 aromatic heterocycles. The van der Waals surface area contributed by atoms with Crippen molar-refractivity contribution >= 4 is 50.3 Å². The molecule has 0 radical (unpaired) electrons. The van der Waals surface area contributed by atoms with E-state index < -0.39 is 55.3 Å². The Morgan fingerprint density at radius 3 is 2.45 bits per heavy atom. The molecule has 4 aromatic rings. The van der Waals surface area contributed by atoms with E-state index in [1.165, 1.54) is 0 Å². The summed E-state index contributed by atoms with van der Waals surface area (Å²) >= 11 is 0. The number of carbonyl (C=O) groups is 1. The number of nitrogens with one attached hydrogen (secondary N) is 4. The van der Waals surface area contributed by atoms with Crippen molar-refractivity contribution in [1.82, 2.24) is 20.3 Å². The monoisotopic (exact) mass is 579 g/mol. The van der Waals surface area contributed by atoms with Gasteiger partial charge in [-0.15, -0.1) is 0 Å². The Labute approximate surface area is 222 Å². The number of anilines is 1. The predicted molar refractivity (Wildman–Crippen MR) is 136 cm³/mol. The minimum Gasteiger partial charge on any atom is -0.345 e. The molecular weight excluding hydrogens is 561 g/mol. The molecule has 2 aromatic carbocycles. The maximum absolute atomic E-state index is 15.5. The lowest BCUT2D eigenvalue weighted by Gasteiger charge is -2.13. The van der Waals surface area contributed by atoms with Crippen LogP contribution in [0.25, 0.3) is 11.0 Å². The first-order valence-electron chi connectivity index (χ1n) is 11.1. The standard InChI is InChI=1S/C24H18F5N7O3S/c1-31-9-13(8-30)35-23-18-15(10-32-22(18)33-11-34-23)21(37)19-16(25)6-7-17(20(19)26)36-40(38,39)14-4-2-12(3-5-14)24(27,28)29/h2-8,10-11,30-31,36H,9H2,1H3,(H,32,33,34). The number of benzene rings is 2. The molecule has 0 saturated heterocycles. The highest BCUT2D eigenvalue weighted by Gasteiger charge is 2.31. The minimum atomic E-state index is -4.71. The van der Waals surface area contributed by atoms with Crippen molar-refractivity contribution in [2.75, 3.05) is 18.3 Å². The molecule has 0 aliphatic carbocycles. The van der Waals surface area contributed by atoms with Gasteiger partial charge in [0.25, 0.3) is 10.0 Å². The lowest BCUT2D eigenvalue weighted by atomic mass is 10.0. The molecule has 0 unspecified atom stereocenters. The topological polar surface area (TPSA) is 153 Å². The third kappa shape index (κ3) is 5.57. The third-order valence-electron chi connectivity index (χ3n) is 5.52. The van der Waals surface area contributed by atoms with E-state index in [0.29, 0.717) is 30.3 Å². The second-order valence-corrected chi connectivity index (χ2v) is 9.82. The van der Waals surface area contributed by atoms with Crippen LogP contribution in [-0.2, 0) is 16.2 Å². The molecule has 208 valence electrons. The molecule has 4 rings (SSSR count). The lowest BCUT2D eigenvalue weighted by molar-refractivity contribution is -0.137. The summed E-state index contributed by atoms with van der Waals surface area (Å²) in [6.45, 7) is 0.174. The zero-order chi connectivity index (χ0) is 29.2. The van der Waals surface area contributed by atoms with Crippen molar-refractivity contribution in [3.8, 4) is 0 Å². The van der Waals surface area contributed by atoms with Gasteiger partial charge in [0.15, 0.2) is 11.6 Å². The summed E-state index contributed by atoms with van der Waals surface area (Å²) in [6.07, 6.45) is -1.50. The van der Waals surface area contributed by atoms with Gasteiger partial charge in [0.1, 0.15) is 17.8 Å². The average molecular weight is 580 g/mol. The zero-order valence-electron chi connectivity index (χ0n) is 20.3. The summed E-state index contributed by atoms with van der Waals surface area (Å²) in [6, 6.07) is 3.79. The predicted octanol–water partition coefficient (Wildman–Crippen LogP) is 4.23. The van der Waals surface area contributed by atoms with Gasteiger partial charge >= 0.3 is 6.18 Å². The highest BCUT2D eigenvalue weighted by Crippen LogP contribution is 2.32. The lowest BCUT2D eigenvalue weighted by Crippen LogP contribution is -2.19. The van der Waals surface area contributed by atoms with Crippen LogP contribution in [0.5, 0.6) is 0 Å². The Hall–Kier alpha value is -4.57. The Morgan fingerprint density at radius 1 is 1.12 bits per heavy atom. The van der Waals surface area contributed by atoms with Crippen molar-refractivity contribution < 1.29 is 35.2 Å². The van der Waals surface area contributed by atoms with E-state index >= 15 is 4.39 Å². The van der Waals surface area contributed by atoms with Crippen LogP contribution in [0.2, 0.25) is 0 Å². The van der Waals surface area contributed by atoms with Crippen LogP contribution in [-0.4, -0.2) is 54.7 Å². The number of H-pyrrole nitrogens is 1. The number of alkyl halides is 3. The first-order chi connectivity index (χ1) is 18.9. The Morgan fingerprint density at radius 2 is 1.82 bits per heavy atom. The number of carbonyl (C=O) groups excluding carboxylic acids is 1. The van der Waals surface area contributed by atoms with Crippen molar-refractivity contribution in [2.45, 2.75) is 11.1 Å². The Balaban J connectivity index is 1.75. The summed E-state index contributed by atoms with van der Waals surface area (Å²) in [4.78, 5) is 27.6. The summed E-state index contributed by atoms with van der Waals surface area (Å²) < 4.78 is 96.0. The van der Waals surface area contributed by atoms with Gasteiger partial charge in [0.2, 0.25) is 5.78 Å². The van der Waals surface area contributed by atoms with Gasteiger partial charge in [-0.05, 0) is 43.4 Å². The van der Waals surface area contributed by atoms with Crippen LogP contribution in [0.15, 0.2) is 58.8 Å². The molecule has 0 fully saturated rings. The number of hydrogen-bond donors (Lipinski definition) is 4. The molecule has 40 heavy (non-hydrogen) atoms. The van der Waals surface area contributed by atoms with Crippen LogP contribution in [0, 0.1) is 17.0 Å². The first kappa shape index (κ1) is 28.4. The third-order valence-corrected chi connectivity index (χ3v) is 6.90. The largest absolute Gasteiger partial charge is 0.416 e. The number of aromatic nitrogens is 3. The molecule has 0 bridgehead atoms. The van der Waals surface area contributed by atoms with Crippen molar-refractivity contribution in [3.63, 3.8) is 0 Å². The van der Waals surface area contributed by atoms with Gasteiger partial charge in [-0.25, -0.2) is 32.2 Å².